The van der Waals surface area contributed by atoms with E-state index in [4.69, 9.17) is 9.47 Å². The first-order valence-corrected chi connectivity index (χ1v) is 6.00. The number of rotatable bonds is 5. The Morgan fingerprint density at radius 2 is 2.06 bits per heavy atom. The molecule has 4 nitrogen and oxygen atoms in total. The van der Waals surface area contributed by atoms with Gasteiger partial charge in [0.2, 0.25) is 5.91 Å². The van der Waals surface area contributed by atoms with E-state index in [1.807, 2.05) is 39.0 Å². The molecule has 18 heavy (non-hydrogen) atoms. The highest BCUT2D eigenvalue weighted by Gasteiger charge is 2.18. The van der Waals surface area contributed by atoms with Crippen molar-refractivity contribution in [1.82, 2.24) is 0 Å². The molecule has 0 aliphatic heterocycles. The molecule has 1 aromatic carbocycles. The lowest BCUT2D eigenvalue weighted by atomic mass is 10.1. The molecule has 0 spiro atoms. The molecule has 0 aliphatic rings. The van der Waals surface area contributed by atoms with E-state index in [1.165, 1.54) is 6.92 Å². The topological polar surface area (TPSA) is 38.8 Å². The molecule has 0 saturated carbocycles. The normalized spacial score (nSPS) is 10.6. The number of hydrogen-bond acceptors (Lipinski definition) is 3. The van der Waals surface area contributed by atoms with Gasteiger partial charge in [0, 0.05) is 6.92 Å². The highest BCUT2D eigenvalue weighted by Crippen LogP contribution is 2.31. The Morgan fingerprint density at radius 3 is 2.56 bits per heavy atom. The van der Waals surface area contributed by atoms with E-state index < -0.39 is 0 Å². The van der Waals surface area contributed by atoms with Gasteiger partial charge >= 0.3 is 0 Å². The highest BCUT2D eigenvalue weighted by molar-refractivity contribution is 5.93. The van der Waals surface area contributed by atoms with Crippen LogP contribution in [0, 0.1) is 6.92 Å². The molecule has 0 aromatic heterocycles. The summed E-state index contributed by atoms with van der Waals surface area (Å²) >= 11 is 0. The first-order chi connectivity index (χ1) is 8.47. The third-order valence-electron chi connectivity index (χ3n) is 2.61. The average Bonchev–Trinajstić information content (AvgIpc) is 2.30. The predicted octanol–water partition coefficient (Wildman–Crippen LogP) is 2.74. The third kappa shape index (κ3) is 3.47. The minimum atomic E-state index is -0.0664. The van der Waals surface area contributed by atoms with Gasteiger partial charge in [-0.2, -0.15) is 0 Å². The van der Waals surface area contributed by atoms with Crippen molar-refractivity contribution >= 4 is 11.6 Å². The molecule has 0 bridgehead atoms. The van der Waals surface area contributed by atoms with Crippen LogP contribution in [0.15, 0.2) is 18.2 Å². The molecule has 1 rings (SSSR count). The van der Waals surface area contributed by atoms with Gasteiger partial charge in [0.25, 0.3) is 0 Å². The Labute approximate surface area is 108 Å². The molecule has 0 heterocycles. The maximum atomic E-state index is 11.8. The largest absolute Gasteiger partial charge is 0.495 e. The number of amides is 1. The van der Waals surface area contributed by atoms with Crippen LogP contribution in [0.5, 0.6) is 5.75 Å². The minimum absolute atomic E-state index is 0.0664. The average molecular weight is 251 g/mol. The number of hydrogen-bond donors (Lipinski definition) is 0. The summed E-state index contributed by atoms with van der Waals surface area (Å²) in [7, 11) is 1.60. The summed E-state index contributed by atoms with van der Waals surface area (Å²) in [6, 6.07) is 5.69. The Kier molecular flexibility index (Phi) is 5.16. The van der Waals surface area contributed by atoms with Gasteiger partial charge in [0.05, 0.1) is 18.9 Å². The van der Waals surface area contributed by atoms with E-state index >= 15 is 0 Å². The monoisotopic (exact) mass is 251 g/mol. The molecule has 4 heteroatoms. The Balaban J connectivity index is 3.09. The Hall–Kier alpha value is -1.55. The number of ether oxygens (including phenoxy) is 2. The standard InChI is InChI=1S/C14H21NO3/c1-10(2)18-9-15(12(4)16)14-11(3)7-6-8-13(14)17-5/h6-8,10H,9H2,1-5H3. The van der Waals surface area contributed by atoms with Crippen molar-refractivity contribution in [3.05, 3.63) is 23.8 Å². The summed E-state index contributed by atoms with van der Waals surface area (Å²) in [6.45, 7) is 7.58. The quantitative estimate of drug-likeness (QED) is 0.755. The van der Waals surface area contributed by atoms with Crippen LogP contribution in [-0.2, 0) is 9.53 Å². The number of aryl methyl sites for hydroxylation is 1. The molecule has 0 unspecified atom stereocenters. The first kappa shape index (κ1) is 14.5. The SMILES string of the molecule is COc1cccc(C)c1N(COC(C)C)C(C)=O. The van der Waals surface area contributed by atoms with Gasteiger partial charge in [0.15, 0.2) is 0 Å². The van der Waals surface area contributed by atoms with E-state index in [9.17, 15) is 4.79 Å². The van der Waals surface area contributed by atoms with Crippen molar-refractivity contribution in [2.24, 2.45) is 0 Å². The number of carbonyl (C=O) groups is 1. The number of methoxy groups -OCH3 is 1. The van der Waals surface area contributed by atoms with E-state index in [1.54, 1.807) is 12.0 Å². The Morgan fingerprint density at radius 1 is 1.39 bits per heavy atom. The van der Waals surface area contributed by atoms with E-state index in [-0.39, 0.29) is 18.7 Å². The van der Waals surface area contributed by atoms with E-state index in [0.29, 0.717) is 5.75 Å². The van der Waals surface area contributed by atoms with Crippen molar-refractivity contribution in [2.45, 2.75) is 33.8 Å². The van der Waals surface area contributed by atoms with Gasteiger partial charge in [-0.3, -0.25) is 9.69 Å². The van der Waals surface area contributed by atoms with Crippen molar-refractivity contribution in [1.29, 1.82) is 0 Å². The first-order valence-electron chi connectivity index (χ1n) is 6.00. The lowest BCUT2D eigenvalue weighted by Crippen LogP contribution is -2.33. The molecular weight excluding hydrogens is 230 g/mol. The zero-order chi connectivity index (χ0) is 13.7. The summed E-state index contributed by atoms with van der Waals surface area (Å²) in [6.07, 6.45) is 0.0712. The second kappa shape index (κ2) is 6.40. The molecule has 0 radical (unpaired) electrons. The smallest absolute Gasteiger partial charge is 0.225 e. The molecule has 1 amide bonds. The van der Waals surface area contributed by atoms with Gasteiger partial charge in [0.1, 0.15) is 12.5 Å². The lowest BCUT2D eigenvalue weighted by molar-refractivity contribution is -0.118. The van der Waals surface area contributed by atoms with Crippen LogP contribution in [0.1, 0.15) is 26.3 Å². The number of anilines is 1. The zero-order valence-electron chi connectivity index (χ0n) is 11.7. The van der Waals surface area contributed by atoms with Crippen LogP contribution in [0.4, 0.5) is 5.69 Å². The van der Waals surface area contributed by atoms with Crippen LogP contribution in [0.25, 0.3) is 0 Å². The summed E-state index contributed by atoms with van der Waals surface area (Å²) in [5.41, 5.74) is 1.75. The van der Waals surface area contributed by atoms with Crippen molar-refractivity contribution in [3.8, 4) is 5.75 Å². The fourth-order valence-corrected chi connectivity index (χ4v) is 1.68. The molecule has 0 aliphatic carbocycles. The van der Waals surface area contributed by atoms with E-state index in [2.05, 4.69) is 0 Å². The maximum absolute atomic E-state index is 11.8. The van der Waals surface area contributed by atoms with Gasteiger partial charge in [-0.05, 0) is 32.4 Å². The minimum Gasteiger partial charge on any atom is -0.495 e. The van der Waals surface area contributed by atoms with Crippen molar-refractivity contribution in [2.75, 3.05) is 18.7 Å². The van der Waals surface area contributed by atoms with Crippen LogP contribution in [0.3, 0.4) is 0 Å². The Bertz CT molecular complexity index is 416. The summed E-state index contributed by atoms with van der Waals surface area (Å²) in [4.78, 5) is 13.4. The molecule has 0 N–H and O–H groups in total. The molecule has 0 saturated heterocycles. The predicted molar refractivity (Wildman–Crippen MR) is 72.0 cm³/mol. The zero-order valence-corrected chi connectivity index (χ0v) is 11.7. The molecule has 1 aromatic rings. The maximum Gasteiger partial charge on any atom is 0.225 e. The van der Waals surface area contributed by atoms with Crippen LogP contribution >= 0.6 is 0 Å². The van der Waals surface area contributed by atoms with Crippen molar-refractivity contribution in [3.63, 3.8) is 0 Å². The molecule has 0 atom stereocenters. The summed E-state index contributed by atoms with van der Waals surface area (Å²) in [5, 5.41) is 0. The van der Waals surface area contributed by atoms with Crippen LogP contribution < -0.4 is 9.64 Å². The fourth-order valence-electron chi connectivity index (χ4n) is 1.68. The summed E-state index contributed by atoms with van der Waals surface area (Å²) in [5.74, 6) is 0.612. The van der Waals surface area contributed by atoms with Gasteiger partial charge in [-0.15, -0.1) is 0 Å². The van der Waals surface area contributed by atoms with Gasteiger partial charge in [-0.1, -0.05) is 12.1 Å². The van der Waals surface area contributed by atoms with Crippen LogP contribution in [0.2, 0.25) is 0 Å². The van der Waals surface area contributed by atoms with E-state index in [0.717, 1.165) is 11.3 Å². The van der Waals surface area contributed by atoms with Gasteiger partial charge in [-0.25, -0.2) is 0 Å². The molecule has 100 valence electrons. The highest BCUT2D eigenvalue weighted by atomic mass is 16.5. The molecule has 0 fully saturated rings. The fraction of sp³-hybridized carbons (Fsp3) is 0.500. The third-order valence-corrected chi connectivity index (χ3v) is 2.61. The summed E-state index contributed by atoms with van der Waals surface area (Å²) < 4.78 is 10.8. The number of carbonyl (C=O) groups excluding carboxylic acids is 1. The number of para-hydroxylation sites is 1. The molecular formula is C14H21NO3. The van der Waals surface area contributed by atoms with Gasteiger partial charge < -0.3 is 9.47 Å². The lowest BCUT2D eigenvalue weighted by Gasteiger charge is -2.25. The second-order valence-corrected chi connectivity index (χ2v) is 4.42. The van der Waals surface area contributed by atoms with Crippen LogP contribution in [-0.4, -0.2) is 25.9 Å². The number of nitrogens with zero attached hydrogens (tertiary/aromatic N) is 1. The number of benzene rings is 1. The second-order valence-electron chi connectivity index (χ2n) is 4.42. The van der Waals surface area contributed by atoms with Crippen molar-refractivity contribution < 1.29 is 14.3 Å².